The van der Waals surface area contributed by atoms with Crippen molar-refractivity contribution >= 4 is 0 Å². The fraction of sp³-hybridized carbons (Fsp3) is 0. The summed E-state index contributed by atoms with van der Waals surface area (Å²) in [5.41, 5.74) is 0. The summed E-state index contributed by atoms with van der Waals surface area (Å²) in [5, 5.41) is 0. The molecule has 0 saturated carbocycles. The van der Waals surface area contributed by atoms with Crippen molar-refractivity contribution in [3.05, 3.63) is 0 Å². The molecule has 0 heterocycles. The van der Waals surface area contributed by atoms with Gasteiger partial charge in [-0.1, -0.05) is 0 Å². The van der Waals surface area contributed by atoms with Crippen LogP contribution in [0, 0.1) is 10.2 Å². The van der Waals surface area contributed by atoms with E-state index in [1.165, 1.54) is 0 Å². The smallest absolute Gasteiger partial charge is 0.412 e. The van der Waals surface area contributed by atoms with Crippen LogP contribution in [0.4, 0.5) is 0 Å². The van der Waals surface area contributed by atoms with Crippen molar-refractivity contribution < 1.29 is 62.0 Å². The first kappa shape index (κ1) is 15.7. The first-order valence-electron chi connectivity index (χ1n) is 0.617. The van der Waals surface area contributed by atoms with Crippen molar-refractivity contribution in [2.24, 2.45) is 0 Å². The van der Waals surface area contributed by atoms with Gasteiger partial charge in [0.1, 0.15) is 0 Å². The summed E-state index contributed by atoms with van der Waals surface area (Å²) >= 11 is 0. The maximum atomic E-state index is 8.49. The second-order valence-electron chi connectivity index (χ2n) is 0.378. The summed E-state index contributed by atoms with van der Waals surface area (Å²) in [4.78, 5) is 0. The van der Waals surface area contributed by atoms with E-state index >= 15 is 0 Å². The number of hydrogen-bond acceptors (Lipinski definition) is 4. The van der Waals surface area contributed by atoms with E-state index in [1.807, 2.05) is 0 Å². The minimum Gasteiger partial charge on any atom is -0.412 e. The van der Waals surface area contributed by atoms with Crippen molar-refractivity contribution in [1.29, 1.82) is 0 Å². The Morgan fingerprint density at radius 1 is 0.857 bits per heavy atom. The molecule has 5 nitrogen and oxygen atoms in total. The molecule has 41 valence electrons. The molecular weight excluding hydrogens is 316 g/mol. The zero-order valence-corrected chi connectivity index (χ0v) is 9.47. The van der Waals surface area contributed by atoms with Crippen molar-refractivity contribution in [3.8, 4) is 0 Å². The summed E-state index contributed by atoms with van der Waals surface area (Å²) in [6, 6.07) is 0. The Balaban J connectivity index is -0.0000000800. The predicted octanol–water partition coefficient (Wildman–Crippen LogP) is -5.58. The molecule has 0 atom stereocenters. The average molecular weight is 318 g/mol. The molecule has 0 aliphatic carbocycles. The second-order valence-corrected chi connectivity index (χ2v) is 1.13. The topological polar surface area (TPSA) is 124 Å². The molecule has 7 heavy (non-hydrogen) atoms. The minimum absolute atomic E-state index is 0. The fourth-order valence-corrected chi connectivity index (χ4v) is 0. The molecule has 0 unspecified atom stereocenters. The second kappa shape index (κ2) is 5.17. The summed E-state index contributed by atoms with van der Waals surface area (Å²) in [6.45, 7) is 0. The average Bonchev–Trinajstić information content (AvgIpc) is 0.722. The van der Waals surface area contributed by atoms with Gasteiger partial charge in [0, 0.05) is 0 Å². The quantitative estimate of drug-likeness (QED) is 0.413. The van der Waals surface area contributed by atoms with Crippen molar-refractivity contribution in [3.63, 3.8) is 0 Å². The molecule has 0 aromatic rings. The molecule has 0 aliphatic rings. The van der Waals surface area contributed by atoms with Crippen LogP contribution < -0.4 is 18.6 Å². The first-order valence-corrected chi connectivity index (χ1v) is 1.85. The molecule has 0 rings (SSSR count). The normalized spacial score (nSPS) is 8.57. The summed E-state index contributed by atoms with van der Waals surface area (Å²) in [7, 11) is -4.94. The Kier molecular flexibility index (Phi) is 11.6. The van der Waals surface area contributed by atoms with Gasteiger partial charge in [-0.15, -0.1) is 10.2 Å². The van der Waals surface area contributed by atoms with Crippen LogP contribution in [0.5, 0.6) is 0 Å². The number of rotatable bonds is 0. The Morgan fingerprint density at radius 2 is 0.857 bits per heavy atom. The first-order chi connectivity index (χ1) is 2.00. The van der Waals surface area contributed by atoms with Gasteiger partial charge < -0.3 is 5.48 Å². The van der Waals surface area contributed by atoms with Crippen LogP contribution in [-0.4, -0.2) is 5.48 Å². The van der Waals surface area contributed by atoms with E-state index < -0.39 is 10.2 Å². The zero-order valence-electron chi connectivity index (χ0n) is 3.22. The minimum atomic E-state index is -4.94. The van der Waals surface area contributed by atoms with Gasteiger partial charge in [-0.2, -0.15) is 0 Å². The molecule has 0 bridgehead atoms. The van der Waals surface area contributed by atoms with E-state index in [9.17, 15) is 0 Å². The van der Waals surface area contributed by atoms with Gasteiger partial charge in [0.05, 0.1) is 0 Å². The van der Waals surface area contributed by atoms with E-state index in [1.54, 1.807) is 0 Å². The summed E-state index contributed by atoms with van der Waals surface area (Å²) in [6.07, 6.45) is 0. The van der Waals surface area contributed by atoms with E-state index in [2.05, 4.69) is 0 Å². The molecule has 7 heteroatoms. The molecule has 0 aromatic carbocycles. The van der Waals surface area contributed by atoms with Gasteiger partial charge in [-0.05, 0) is 0 Å². The third kappa shape index (κ3) is 169. The SMILES string of the molecule is O.[Hg+].[O-][Cl+3]([O-])([O-])[O-]. The molecule has 2 N–H and O–H groups in total. The Morgan fingerprint density at radius 3 is 0.857 bits per heavy atom. The molecule has 0 aliphatic heterocycles. The Hall–Kier alpha value is 1.03. The summed E-state index contributed by atoms with van der Waals surface area (Å²) in [5.74, 6) is 0. The van der Waals surface area contributed by atoms with E-state index in [0.717, 1.165) is 0 Å². The molecule has 0 fully saturated rings. The Bertz CT molecular complexity index is 23.6. The van der Waals surface area contributed by atoms with E-state index in [0.29, 0.717) is 0 Å². The van der Waals surface area contributed by atoms with Gasteiger partial charge in [-0.25, -0.2) is 18.6 Å². The molecular formula is H2ClHgO5. The van der Waals surface area contributed by atoms with Crippen molar-refractivity contribution in [1.82, 2.24) is 0 Å². The van der Waals surface area contributed by atoms with Crippen LogP contribution >= 0.6 is 0 Å². The predicted molar refractivity (Wildman–Crippen MR) is 3.61 cm³/mol. The molecule has 0 amide bonds. The standard InChI is InChI=1S/ClHO4.Hg.H2O/c2-1(3,4)5;;/h(H,2,3,4,5);;1H2/q;+1;/p-1. The van der Waals surface area contributed by atoms with Gasteiger partial charge in [0.2, 0.25) is 0 Å². The molecule has 0 aromatic heterocycles. The van der Waals surface area contributed by atoms with Gasteiger partial charge >= 0.3 is 27.7 Å². The number of halogens is 1. The van der Waals surface area contributed by atoms with E-state index in [-0.39, 0.29) is 33.1 Å². The molecule has 1 radical (unpaired) electrons. The van der Waals surface area contributed by atoms with Crippen LogP contribution in [-0.2, 0) is 27.7 Å². The third-order valence-corrected chi connectivity index (χ3v) is 0. The van der Waals surface area contributed by atoms with Crippen LogP contribution in [0.2, 0.25) is 0 Å². The van der Waals surface area contributed by atoms with Crippen molar-refractivity contribution in [2.75, 3.05) is 0 Å². The monoisotopic (exact) mass is 319 g/mol. The van der Waals surface area contributed by atoms with Crippen LogP contribution in [0.15, 0.2) is 0 Å². The largest absolute Gasteiger partial charge is 1.00 e. The number of hydrogen-bond donors (Lipinski definition) is 0. The maximum absolute atomic E-state index is 8.49. The van der Waals surface area contributed by atoms with Crippen LogP contribution in [0.1, 0.15) is 0 Å². The maximum Gasteiger partial charge on any atom is 1.00 e. The Labute approximate surface area is 62.1 Å². The molecule has 0 saturated heterocycles. The van der Waals surface area contributed by atoms with Crippen molar-refractivity contribution in [2.45, 2.75) is 0 Å². The van der Waals surface area contributed by atoms with Crippen LogP contribution in [0.25, 0.3) is 0 Å². The van der Waals surface area contributed by atoms with Gasteiger partial charge in [0.25, 0.3) is 0 Å². The molecule has 0 spiro atoms. The van der Waals surface area contributed by atoms with Gasteiger partial charge in [0.15, 0.2) is 0 Å². The van der Waals surface area contributed by atoms with E-state index in [4.69, 9.17) is 18.6 Å². The van der Waals surface area contributed by atoms with Crippen LogP contribution in [0.3, 0.4) is 0 Å². The fourth-order valence-electron chi connectivity index (χ4n) is 0. The zero-order chi connectivity index (χ0) is 4.50. The van der Waals surface area contributed by atoms with Gasteiger partial charge in [-0.3, -0.25) is 0 Å². The summed E-state index contributed by atoms with van der Waals surface area (Å²) < 4.78 is 34.0. The third-order valence-electron chi connectivity index (χ3n) is 0.